The maximum absolute atomic E-state index is 5.65. The van der Waals surface area contributed by atoms with Gasteiger partial charge in [-0.05, 0) is 43.1 Å². The number of aryl methyl sites for hydroxylation is 1. The molecule has 0 saturated carbocycles. The van der Waals surface area contributed by atoms with Crippen molar-refractivity contribution in [1.82, 2.24) is 15.1 Å². The lowest BCUT2D eigenvalue weighted by atomic mass is 10.0. The topological polar surface area (TPSA) is 77.8 Å². The van der Waals surface area contributed by atoms with Crippen molar-refractivity contribution in [2.24, 2.45) is 5.73 Å². The van der Waals surface area contributed by atoms with E-state index >= 15 is 0 Å². The van der Waals surface area contributed by atoms with Gasteiger partial charge in [-0.2, -0.15) is 4.98 Å². The zero-order valence-electron chi connectivity index (χ0n) is 11.8. The number of hydrogen-bond acceptors (Lipinski definition) is 5. The fourth-order valence-electron chi connectivity index (χ4n) is 2.27. The van der Waals surface area contributed by atoms with Crippen LogP contribution >= 0.6 is 0 Å². The fraction of sp³-hybridized carbons (Fsp3) is 0.188. The summed E-state index contributed by atoms with van der Waals surface area (Å²) in [4.78, 5) is 8.58. The van der Waals surface area contributed by atoms with Crippen molar-refractivity contribution < 1.29 is 4.52 Å². The van der Waals surface area contributed by atoms with Crippen molar-refractivity contribution in [3.05, 3.63) is 53.9 Å². The maximum Gasteiger partial charge on any atom is 0.258 e. The predicted octanol–water partition coefficient (Wildman–Crippen LogP) is 2.61. The molecular weight excluding hydrogens is 264 g/mol. The molecule has 0 bridgehead atoms. The van der Waals surface area contributed by atoms with E-state index in [1.807, 2.05) is 37.3 Å². The van der Waals surface area contributed by atoms with E-state index < -0.39 is 0 Å². The molecule has 2 heterocycles. The van der Waals surface area contributed by atoms with Gasteiger partial charge in [-0.25, -0.2) is 0 Å². The van der Waals surface area contributed by atoms with Crippen LogP contribution in [0.4, 0.5) is 0 Å². The van der Waals surface area contributed by atoms with E-state index in [-0.39, 0.29) is 0 Å². The van der Waals surface area contributed by atoms with Gasteiger partial charge in [-0.1, -0.05) is 23.4 Å². The minimum atomic E-state index is 0.519. The van der Waals surface area contributed by atoms with E-state index in [2.05, 4.69) is 15.1 Å². The van der Waals surface area contributed by atoms with Gasteiger partial charge in [0, 0.05) is 23.5 Å². The first-order valence-corrected chi connectivity index (χ1v) is 6.82. The second kappa shape index (κ2) is 5.85. The summed E-state index contributed by atoms with van der Waals surface area (Å²) in [6, 6.07) is 9.83. The highest BCUT2D eigenvalue weighted by molar-refractivity contribution is 5.64. The summed E-state index contributed by atoms with van der Waals surface area (Å²) in [7, 11) is 0. The Hall–Kier alpha value is -2.53. The first kappa shape index (κ1) is 13.5. The minimum Gasteiger partial charge on any atom is -0.334 e. The summed E-state index contributed by atoms with van der Waals surface area (Å²) in [5.74, 6) is 1.10. The van der Waals surface area contributed by atoms with Crippen molar-refractivity contribution in [1.29, 1.82) is 0 Å². The number of nitrogens with two attached hydrogens (primary N) is 1. The van der Waals surface area contributed by atoms with E-state index in [9.17, 15) is 0 Å². The van der Waals surface area contributed by atoms with Gasteiger partial charge in [0.05, 0.1) is 0 Å². The highest BCUT2D eigenvalue weighted by Crippen LogP contribution is 2.26. The third kappa shape index (κ3) is 2.68. The zero-order valence-corrected chi connectivity index (χ0v) is 11.8. The zero-order chi connectivity index (χ0) is 14.7. The van der Waals surface area contributed by atoms with Crippen LogP contribution in [0, 0.1) is 6.92 Å². The van der Waals surface area contributed by atoms with E-state index in [0.29, 0.717) is 18.3 Å². The van der Waals surface area contributed by atoms with E-state index in [0.717, 1.165) is 28.7 Å². The van der Waals surface area contributed by atoms with Crippen molar-refractivity contribution in [3.8, 4) is 22.8 Å². The van der Waals surface area contributed by atoms with Crippen LogP contribution in [-0.4, -0.2) is 21.7 Å². The molecule has 0 amide bonds. The third-order valence-electron chi connectivity index (χ3n) is 3.35. The van der Waals surface area contributed by atoms with Crippen LogP contribution in [0.25, 0.3) is 22.8 Å². The highest BCUT2D eigenvalue weighted by Gasteiger charge is 2.14. The molecule has 5 heteroatoms. The molecule has 3 aromatic rings. The van der Waals surface area contributed by atoms with E-state index in [1.54, 1.807) is 12.4 Å². The lowest BCUT2D eigenvalue weighted by molar-refractivity contribution is 0.432. The van der Waals surface area contributed by atoms with Gasteiger partial charge in [-0.15, -0.1) is 0 Å². The van der Waals surface area contributed by atoms with Gasteiger partial charge >= 0.3 is 0 Å². The summed E-state index contributed by atoms with van der Waals surface area (Å²) >= 11 is 0. The second-order valence-electron chi connectivity index (χ2n) is 4.81. The molecule has 0 spiro atoms. The van der Waals surface area contributed by atoms with Gasteiger partial charge in [-0.3, -0.25) is 4.98 Å². The van der Waals surface area contributed by atoms with Crippen molar-refractivity contribution >= 4 is 0 Å². The Morgan fingerprint density at radius 1 is 1.14 bits per heavy atom. The second-order valence-corrected chi connectivity index (χ2v) is 4.81. The third-order valence-corrected chi connectivity index (χ3v) is 3.35. The summed E-state index contributed by atoms with van der Waals surface area (Å²) in [6.45, 7) is 2.56. The Bertz CT molecular complexity index is 751. The molecule has 0 saturated heterocycles. The molecule has 0 unspecified atom stereocenters. The summed E-state index contributed by atoms with van der Waals surface area (Å²) in [5, 5.41) is 4.08. The smallest absolute Gasteiger partial charge is 0.258 e. The molecule has 0 aliphatic carbocycles. The molecule has 3 rings (SSSR count). The average molecular weight is 280 g/mol. The molecule has 0 atom stereocenters. The lowest BCUT2D eigenvalue weighted by Gasteiger charge is -2.03. The molecule has 2 N–H and O–H groups in total. The van der Waals surface area contributed by atoms with Crippen LogP contribution in [0.5, 0.6) is 0 Å². The number of pyridine rings is 1. The van der Waals surface area contributed by atoms with E-state index in [4.69, 9.17) is 10.3 Å². The van der Waals surface area contributed by atoms with Crippen LogP contribution in [-0.2, 0) is 6.42 Å². The van der Waals surface area contributed by atoms with Crippen molar-refractivity contribution in [2.75, 3.05) is 6.54 Å². The number of nitrogens with zero attached hydrogens (tertiary/aromatic N) is 3. The molecule has 5 nitrogen and oxygen atoms in total. The Balaban J connectivity index is 2.01. The maximum atomic E-state index is 5.65. The van der Waals surface area contributed by atoms with Gasteiger partial charge in [0.2, 0.25) is 5.82 Å². The molecule has 0 aliphatic rings. The molecule has 2 aromatic heterocycles. The van der Waals surface area contributed by atoms with Crippen LogP contribution in [0.15, 0.2) is 47.2 Å². The quantitative estimate of drug-likeness (QED) is 0.794. The molecule has 0 fully saturated rings. The molecule has 0 radical (unpaired) electrons. The first-order chi connectivity index (χ1) is 10.3. The van der Waals surface area contributed by atoms with Gasteiger partial charge < -0.3 is 10.3 Å². The Morgan fingerprint density at radius 3 is 2.81 bits per heavy atom. The Labute approximate surface area is 122 Å². The minimum absolute atomic E-state index is 0.519. The molecule has 106 valence electrons. The molecule has 21 heavy (non-hydrogen) atoms. The normalized spacial score (nSPS) is 10.8. The van der Waals surface area contributed by atoms with Gasteiger partial charge in [0.15, 0.2) is 0 Å². The summed E-state index contributed by atoms with van der Waals surface area (Å²) < 4.78 is 5.42. The van der Waals surface area contributed by atoms with Crippen LogP contribution < -0.4 is 5.73 Å². The average Bonchev–Trinajstić information content (AvgIpc) is 2.98. The molecular formula is C16H16N4O. The number of rotatable bonds is 4. The van der Waals surface area contributed by atoms with E-state index in [1.165, 1.54) is 0 Å². The molecule has 1 aromatic carbocycles. The lowest BCUT2D eigenvalue weighted by Crippen LogP contribution is -2.03. The number of aromatic nitrogens is 3. The Kier molecular flexibility index (Phi) is 3.75. The monoisotopic (exact) mass is 280 g/mol. The van der Waals surface area contributed by atoms with Crippen molar-refractivity contribution in [3.63, 3.8) is 0 Å². The summed E-state index contributed by atoms with van der Waals surface area (Å²) in [6.07, 6.45) is 4.29. The highest BCUT2D eigenvalue weighted by atomic mass is 16.5. The largest absolute Gasteiger partial charge is 0.334 e. The predicted molar refractivity (Wildman–Crippen MR) is 80.5 cm³/mol. The molecule has 0 aliphatic heterocycles. The fourth-order valence-corrected chi connectivity index (χ4v) is 2.27. The number of benzene rings is 1. The SMILES string of the molecule is Cc1cnccc1-c1noc(-c2ccccc2CCN)n1. The standard InChI is InChI=1S/C16H16N4O/c1-11-10-18-9-7-13(11)15-19-16(21-20-15)14-5-3-2-4-12(14)6-8-17/h2-5,7,9-10H,6,8,17H2,1H3. The van der Waals surface area contributed by atoms with Gasteiger partial charge in [0.25, 0.3) is 5.89 Å². The van der Waals surface area contributed by atoms with Crippen LogP contribution in [0.3, 0.4) is 0 Å². The Morgan fingerprint density at radius 2 is 2.00 bits per heavy atom. The van der Waals surface area contributed by atoms with Crippen LogP contribution in [0.1, 0.15) is 11.1 Å². The number of hydrogen-bond donors (Lipinski definition) is 1. The van der Waals surface area contributed by atoms with Crippen LogP contribution in [0.2, 0.25) is 0 Å². The van der Waals surface area contributed by atoms with Gasteiger partial charge in [0.1, 0.15) is 0 Å². The van der Waals surface area contributed by atoms with Crippen molar-refractivity contribution in [2.45, 2.75) is 13.3 Å². The first-order valence-electron chi connectivity index (χ1n) is 6.82. The summed E-state index contributed by atoms with van der Waals surface area (Å²) in [5.41, 5.74) is 9.64.